The monoisotopic (exact) mass is 330 g/mol. The summed E-state index contributed by atoms with van der Waals surface area (Å²) in [4.78, 5) is 24.1. The molecule has 0 aliphatic heterocycles. The van der Waals surface area contributed by atoms with Crippen LogP contribution in [0.1, 0.15) is 13.8 Å². The van der Waals surface area contributed by atoms with E-state index in [1.54, 1.807) is 0 Å². The molecular formula is C12H19BrN4O2. The number of hydrogen-bond donors (Lipinski definition) is 2. The van der Waals surface area contributed by atoms with Gasteiger partial charge in [0.2, 0.25) is 0 Å². The van der Waals surface area contributed by atoms with Crippen LogP contribution in [0.2, 0.25) is 0 Å². The van der Waals surface area contributed by atoms with Gasteiger partial charge in [0, 0.05) is 24.6 Å². The quantitative estimate of drug-likeness (QED) is 0.847. The Morgan fingerprint density at radius 3 is 2.53 bits per heavy atom. The third-order valence-electron chi connectivity index (χ3n) is 2.59. The molecule has 0 spiro atoms. The molecule has 7 heteroatoms. The molecule has 1 heterocycles. The molecule has 0 saturated carbocycles. The fraction of sp³-hybridized carbons (Fsp3) is 0.500. The first kappa shape index (κ1) is 15.6. The Hall–Kier alpha value is -1.50. The Balaban J connectivity index is 3.39. The molecular weight excluding hydrogens is 312 g/mol. The highest BCUT2D eigenvalue weighted by Crippen LogP contribution is 2.13. The number of rotatable bonds is 5. The number of aromatic nitrogens is 2. The Labute approximate surface area is 120 Å². The molecule has 1 aromatic rings. The highest BCUT2D eigenvalue weighted by atomic mass is 79.9. The van der Waals surface area contributed by atoms with Crippen molar-refractivity contribution in [3.05, 3.63) is 31.9 Å². The molecule has 0 aliphatic carbocycles. The lowest BCUT2D eigenvalue weighted by molar-refractivity contribution is 0.494. The van der Waals surface area contributed by atoms with Gasteiger partial charge in [-0.2, -0.15) is 0 Å². The van der Waals surface area contributed by atoms with Crippen molar-refractivity contribution < 1.29 is 0 Å². The van der Waals surface area contributed by atoms with Crippen LogP contribution in [0, 0.1) is 5.92 Å². The second-order valence-corrected chi connectivity index (χ2v) is 5.90. The lowest BCUT2D eigenvalue weighted by Crippen LogP contribution is -2.41. The van der Waals surface area contributed by atoms with E-state index in [-0.39, 0.29) is 17.4 Å². The Bertz CT molecular complexity index is 601. The van der Waals surface area contributed by atoms with Crippen molar-refractivity contribution in [2.75, 3.05) is 17.6 Å². The second kappa shape index (κ2) is 6.10. The van der Waals surface area contributed by atoms with Crippen molar-refractivity contribution in [2.45, 2.75) is 20.4 Å². The molecule has 0 fully saturated rings. The molecule has 0 amide bonds. The first-order chi connectivity index (χ1) is 8.75. The number of anilines is 2. The van der Waals surface area contributed by atoms with Gasteiger partial charge in [0.05, 0.1) is 0 Å². The van der Waals surface area contributed by atoms with E-state index in [1.807, 2.05) is 13.8 Å². The highest BCUT2D eigenvalue weighted by Gasteiger charge is 2.15. The average Bonchev–Trinajstić information content (AvgIpc) is 2.31. The third-order valence-corrected chi connectivity index (χ3v) is 2.87. The van der Waals surface area contributed by atoms with Crippen LogP contribution in [0.25, 0.3) is 0 Å². The Morgan fingerprint density at radius 2 is 2.05 bits per heavy atom. The number of nitrogens with zero attached hydrogens (tertiary/aromatic N) is 2. The number of nitrogens with one attached hydrogen (secondary N) is 1. The van der Waals surface area contributed by atoms with Gasteiger partial charge in [-0.05, 0) is 5.92 Å². The summed E-state index contributed by atoms with van der Waals surface area (Å²) in [7, 11) is 1.44. The van der Waals surface area contributed by atoms with Crippen LogP contribution in [-0.2, 0) is 13.6 Å². The molecule has 19 heavy (non-hydrogen) atoms. The van der Waals surface area contributed by atoms with Gasteiger partial charge in [0.1, 0.15) is 11.5 Å². The fourth-order valence-corrected chi connectivity index (χ4v) is 1.82. The Morgan fingerprint density at radius 1 is 1.47 bits per heavy atom. The molecule has 0 unspecified atom stereocenters. The van der Waals surface area contributed by atoms with Crippen LogP contribution < -0.4 is 22.3 Å². The van der Waals surface area contributed by atoms with Crippen LogP contribution in [0.15, 0.2) is 20.7 Å². The SMILES string of the molecule is C=C(Br)CNc1c(N)n(CC(C)C)c(=O)n(C)c1=O. The number of nitrogen functional groups attached to an aromatic ring is 1. The van der Waals surface area contributed by atoms with Crippen LogP contribution in [0.5, 0.6) is 0 Å². The number of nitrogens with two attached hydrogens (primary N) is 1. The van der Waals surface area contributed by atoms with Crippen molar-refractivity contribution in [1.82, 2.24) is 9.13 Å². The van der Waals surface area contributed by atoms with Gasteiger partial charge in [0.25, 0.3) is 5.56 Å². The van der Waals surface area contributed by atoms with E-state index in [4.69, 9.17) is 5.73 Å². The zero-order valence-electron chi connectivity index (χ0n) is 11.4. The van der Waals surface area contributed by atoms with Crippen molar-refractivity contribution in [3.8, 4) is 0 Å². The molecule has 6 nitrogen and oxygen atoms in total. The summed E-state index contributed by atoms with van der Waals surface area (Å²) in [5, 5.41) is 2.90. The summed E-state index contributed by atoms with van der Waals surface area (Å²) in [6, 6.07) is 0. The summed E-state index contributed by atoms with van der Waals surface area (Å²) in [6.45, 7) is 8.45. The second-order valence-electron chi connectivity index (χ2n) is 4.78. The summed E-state index contributed by atoms with van der Waals surface area (Å²) in [5.41, 5.74) is 5.32. The number of hydrogen-bond acceptors (Lipinski definition) is 4. The van der Waals surface area contributed by atoms with E-state index in [1.165, 1.54) is 11.6 Å². The van der Waals surface area contributed by atoms with Crippen molar-refractivity contribution in [3.63, 3.8) is 0 Å². The first-order valence-electron chi connectivity index (χ1n) is 5.92. The molecule has 0 aliphatic rings. The van der Waals surface area contributed by atoms with E-state index in [2.05, 4.69) is 27.8 Å². The lowest BCUT2D eigenvalue weighted by atomic mass is 10.2. The minimum Gasteiger partial charge on any atom is -0.383 e. The summed E-state index contributed by atoms with van der Waals surface area (Å²) in [5.74, 6) is 0.409. The van der Waals surface area contributed by atoms with Gasteiger partial charge < -0.3 is 11.1 Å². The topological polar surface area (TPSA) is 82.0 Å². The molecule has 106 valence electrons. The van der Waals surface area contributed by atoms with Gasteiger partial charge in [-0.3, -0.25) is 13.9 Å². The molecule has 1 aromatic heterocycles. The molecule has 1 rings (SSSR count). The number of halogens is 1. The minimum absolute atomic E-state index is 0.163. The normalized spacial score (nSPS) is 10.8. The summed E-state index contributed by atoms with van der Waals surface area (Å²) >= 11 is 3.20. The van der Waals surface area contributed by atoms with E-state index < -0.39 is 11.2 Å². The van der Waals surface area contributed by atoms with E-state index in [9.17, 15) is 9.59 Å². The average molecular weight is 331 g/mol. The van der Waals surface area contributed by atoms with Crippen molar-refractivity contribution in [1.29, 1.82) is 0 Å². The first-order valence-corrected chi connectivity index (χ1v) is 6.71. The van der Waals surface area contributed by atoms with Gasteiger partial charge in [-0.1, -0.05) is 36.4 Å². The van der Waals surface area contributed by atoms with Gasteiger partial charge in [-0.15, -0.1) is 0 Å². The van der Waals surface area contributed by atoms with Gasteiger partial charge in [0.15, 0.2) is 0 Å². The predicted molar refractivity (Wildman–Crippen MR) is 81.8 cm³/mol. The fourth-order valence-electron chi connectivity index (χ4n) is 1.68. The zero-order valence-corrected chi connectivity index (χ0v) is 13.0. The standard InChI is InChI=1S/C12H19BrN4O2/c1-7(2)6-17-10(14)9(15-5-8(3)13)11(18)16(4)12(17)19/h7,15H,3,5-6,14H2,1-2,4H3. The smallest absolute Gasteiger partial charge is 0.332 e. The van der Waals surface area contributed by atoms with Crippen LogP contribution >= 0.6 is 15.9 Å². The minimum atomic E-state index is -0.434. The molecule has 0 aromatic carbocycles. The summed E-state index contributed by atoms with van der Waals surface area (Å²) < 4.78 is 3.15. The maximum absolute atomic E-state index is 12.0. The van der Waals surface area contributed by atoms with E-state index >= 15 is 0 Å². The van der Waals surface area contributed by atoms with Gasteiger partial charge in [-0.25, -0.2) is 4.79 Å². The van der Waals surface area contributed by atoms with Crippen molar-refractivity contribution >= 4 is 27.4 Å². The maximum Gasteiger partial charge on any atom is 0.332 e. The van der Waals surface area contributed by atoms with Crippen molar-refractivity contribution in [2.24, 2.45) is 13.0 Å². The largest absolute Gasteiger partial charge is 0.383 e. The lowest BCUT2D eigenvalue weighted by Gasteiger charge is -2.17. The molecule has 0 saturated heterocycles. The van der Waals surface area contributed by atoms with Crippen LogP contribution in [0.4, 0.5) is 11.5 Å². The van der Waals surface area contributed by atoms with Gasteiger partial charge >= 0.3 is 5.69 Å². The van der Waals surface area contributed by atoms with E-state index in [0.717, 1.165) is 4.57 Å². The molecule has 0 atom stereocenters. The zero-order chi connectivity index (χ0) is 14.7. The molecule has 3 N–H and O–H groups in total. The summed E-state index contributed by atoms with van der Waals surface area (Å²) in [6.07, 6.45) is 0. The van der Waals surface area contributed by atoms with Crippen LogP contribution in [-0.4, -0.2) is 15.7 Å². The van der Waals surface area contributed by atoms with Crippen LogP contribution in [0.3, 0.4) is 0 Å². The third kappa shape index (κ3) is 3.50. The molecule has 0 radical (unpaired) electrons. The van der Waals surface area contributed by atoms with E-state index in [0.29, 0.717) is 17.6 Å². The highest BCUT2D eigenvalue weighted by molar-refractivity contribution is 9.11. The maximum atomic E-state index is 12.0. The predicted octanol–water partition coefficient (Wildman–Crippen LogP) is 1.11. The Kier molecular flexibility index (Phi) is 4.99. The molecule has 0 bridgehead atoms.